The van der Waals surface area contributed by atoms with Crippen LogP contribution in [0, 0.1) is 3.70 Å². The van der Waals surface area contributed by atoms with Crippen molar-refractivity contribution >= 4 is 33.5 Å². The molecule has 1 heterocycles. The van der Waals surface area contributed by atoms with E-state index in [9.17, 15) is 13.2 Å². The number of aromatic nitrogens is 1. The first-order valence-corrected chi connectivity index (χ1v) is 5.18. The summed E-state index contributed by atoms with van der Waals surface area (Å²) in [5.74, 6) is 0. The first kappa shape index (κ1) is 10.7. The Hall–Kier alpha value is -0.850. The topological polar surface area (TPSA) is 12.9 Å². The van der Waals surface area contributed by atoms with Crippen molar-refractivity contribution in [2.75, 3.05) is 0 Å². The lowest BCUT2D eigenvalue weighted by Gasteiger charge is -2.07. The van der Waals surface area contributed by atoms with Crippen molar-refractivity contribution in [3.05, 3.63) is 39.6 Å². The summed E-state index contributed by atoms with van der Waals surface area (Å²) in [7, 11) is 0. The number of pyridine rings is 1. The van der Waals surface area contributed by atoms with Crippen molar-refractivity contribution in [3.63, 3.8) is 0 Å². The number of alkyl halides is 3. The summed E-state index contributed by atoms with van der Waals surface area (Å²) in [6.45, 7) is 0. The minimum absolute atomic E-state index is 0.505. The zero-order valence-corrected chi connectivity index (χ0v) is 9.50. The van der Waals surface area contributed by atoms with Crippen LogP contribution >= 0.6 is 22.6 Å². The molecular weight excluding hydrogens is 318 g/mol. The van der Waals surface area contributed by atoms with Crippen LogP contribution in [-0.4, -0.2) is 4.98 Å². The maximum atomic E-state index is 12.4. The number of halogens is 4. The summed E-state index contributed by atoms with van der Waals surface area (Å²) >= 11 is 2.02. The van der Waals surface area contributed by atoms with E-state index in [-0.39, 0.29) is 0 Å². The van der Waals surface area contributed by atoms with Crippen molar-refractivity contribution in [3.8, 4) is 0 Å². The second-order valence-corrected chi connectivity index (χ2v) is 4.14. The molecule has 5 heteroatoms. The largest absolute Gasteiger partial charge is 0.416 e. The zero-order chi connectivity index (χ0) is 11.1. The van der Waals surface area contributed by atoms with Crippen LogP contribution < -0.4 is 0 Å². The molecule has 2 aromatic rings. The van der Waals surface area contributed by atoms with Gasteiger partial charge in [0.05, 0.1) is 11.1 Å². The Morgan fingerprint density at radius 2 is 1.80 bits per heavy atom. The van der Waals surface area contributed by atoms with E-state index in [4.69, 9.17) is 0 Å². The lowest BCUT2D eigenvalue weighted by atomic mass is 10.1. The molecule has 2 rings (SSSR count). The predicted molar refractivity (Wildman–Crippen MR) is 59.5 cm³/mol. The van der Waals surface area contributed by atoms with Crippen molar-refractivity contribution in [1.82, 2.24) is 4.98 Å². The summed E-state index contributed by atoms with van der Waals surface area (Å²) in [4.78, 5) is 4.12. The fraction of sp³-hybridized carbons (Fsp3) is 0.100. The molecule has 0 bridgehead atoms. The van der Waals surface area contributed by atoms with Gasteiger partial charge >= 0.3 is 6.18 Å². The fourth-order valence-electron chi connectivity index (χ4n) is 1.28. The average molecular weight is 323 g/mol. The number of hydrogen-bond donors (Lipinski definition) is 0. The van der Waals surface area contributed by atoms with E-state index in [0.717, 1.165) is 15.8 Å². The molecule has 0 aliphatic carbocycles. The average Bonchev–Trinajstić information content (AvgIpc) is 2.15. The number of nitrogens with zero attached hydrogens (tertiary/aromatic N) is 1. The van der Waals surface area contributed by atoms with Crippen LogP contribution in [-0.2, 0) is 6.18 Å². The summed E-state index contributed by atoms with van der Waals surface area (Å²) in [6, 6.07) is 6.87. The summed E-state index contributed by atoms with van der Waals surface area (Å²) in [6.07, 6.45) is -4.29. The quantitative estimate of drug-likeness (QED) is 0.530. The number of benzene rings is 1. The summed E-state index contributed by atoms with van der Waals surface area (Å²) < 4.78 is 37.9. The van der Waals surface area contributed by atoms with E-state index in [0.29, 0.717) is 10.9 Å². The van der Waals surface area contributed by atoms with E-state index in [1.54, 1.807) is 12.1 Å². The van der Waals surface area contributed by atoms with Crippen molar-refractivity contribution in [2.45, 2.75) is 6.18 Å². The molecule has 15 heavy (non-hydrogen) atoms. The number of hydrogen-bond acceptors (Lipinski definition) is 1. The van der Waals surface area contributed by atoms with Crippen molar-refractivity contribution in [1.29, 1.82) is 0 Å². The molecule has 0 amide bonds. The van der Waals surface area contributed by atoms with Gasteiger partial charge in [-0.2, -0.15) is 13.2 Å². The highest BCUT2D eigenvalue weighted by molar-refractivity contribution is 14.1. The second-order valence-electron chi connectivity index (χ2n) is 3.04. The van der Waals surface area contributed by atoms with Crippen LogP contribution in [0.4, 0.5) is 13.2 Å². The SMILES string of the molecule is FC(F)(F)c1ccc2nc(I)ccc2c1. The maximum Gasteiger partial charge on any atom is 0.416 e. The second kappa shape index (κ2) is 3.62. The monoisotopic (exact) mass is 323 g/mol. The van der Waals surface area contributed by atoms with Gasteiger partial charge in [-0.25, -0.2) is 4.98 Å². The normalized spacial score (nSPS) is 12.0. The van der Waals surface area contributed by atoms with Crippen LogP contribution in [0.1, 0.15) is 5.56 Å². The highest BCUT2D eigenvalue weighted by Crippen LogP contribution is 2.31. The Balaban J connectivity index is 2.62. The van der Waals surface area contributed by atoms with Crippen LogP contribution in [0.3, 0.4) is 0 Å². The molecule has 0 radical (unpaired) electrons. The molecule has 0 atom stereocenters. The van der Waals surface area contributed by atoms with Gasteiger partial charge in [-0.15, -0.1) is 0 Å². The van der Waals surface area contributed by atoms with Gasteiger partial charge in [0.25, 0.3) is 0 Å². The van der Waals surface area contributed by atoms with Crippen LogP contribution in [0.5, 0.6) is 0 Å². The molecule has 0 aliphatic heterocycles. The maximum absolute atomic E-state index is 12.4. The van der Waals surface area contributed by atoms with E-state index < -0.39 is 11.7 Å². The van der Waals surface area contributed by atoms with Gasteiger partial charge in [0.2, 0.25) is 0 Å². The van der Waals surface area contributed by atoms with E-state index in [1.807, 2.05) is 22.6 Å². The van der Waals surface area contributed by atoms with Crippen LogP contribution in [0.25, 0.3) is 10.9 Å². The molecular formula is C10H5F3IN. The predicted octanol–water partition coefficient (Wildman–Crippen LogP) is 3.86. The highest BCUT2D eigenvalue weighted by atomic mass is 127. The lowest BCUT2D eigenvalue weighted by molar-refractivity contribution is -0.137. The minimum Gasteiger partial charge on any atom is -0.242 e. The zero-order valence-electron chi connectivity index (χ0n) is 7.35. The van der Waals surface area contributed by atoms with E-state index in [1.165, 1.54) is 6.07 Å². The molecule has 0 unspecified atom stereocenters. The Morgan fingerprint density at radius 1 is 1.07 bits per heavy atom. The molecule has 0 saturated carbocycles. The lowest BCUT2D eigenvalue weighted by Crippen LogP contribution is -2.04. The molecule has 0 fully saturated rings. The van der Waals surface area contributed by atoms with E-state index in [2.05, 4.69) is 4.98 Å². The van der Waals surface area contributed by atoms with Gasteiger partial charge in [-0.1, -0.05) is 6.07 Å². The van der Waals surface area contributed by atoms with Crippen LogP contribution in [0.2, 0.25) is 0 Å². The first-order valence-electron chi connectivity index (χ1n) is 4.10. The van der Waals surface area contributed by atoms with E-state index >= 15 is 0 Å². The Morgan fingerprint density at radius 3 is 2.47 bits per heavy atom. The Bertz CT molecular complexity index is 507. The van der Waals surface area contributed by atoms with Gasteiger partial charge < -0.3 is 0 Å². The third-order valence-electron chi connectivity index (χ3n) is 1.98. The van der Waals surface area contributed by atoms with Gasteiger partial charge in [0.1, 0.15) is 3.70 Å². The molecule has 1 nitrogen and oxygen atoms in total. The summed E-state index contributed by atoms with van der Waals surface area (Å²) in [5, 5.41) is 0.505. The minimum atomic E-state index is -4.29. The van der Waals surface area contributed by atoms with Gasteiger partial charge in [-0.3, -0.25) is 0 Å². The van der Waals surface area contributed by atoms with Crippen molar-refractivity contribution < 1.29 is 13.2 Å². The van der Waals surface area contributed by atoms with Gasteiger partial charge in [0, 0.05) is 5.39 Å². The van der Waals surface area contributed by atoms with Gasteiger partial charge in [0.15, 0.2) is 0 Å². The number of fused-ring (bicyclic) bond motifs is 1. The third kappa shape index (κ3) is 2.22. The molecule has 1 aromatic carbocycles. The standard InChI is InChI=1S/C10H5F3IN/c11-10(12,13)7-2-3-8-6(5-7)1-4-9(14)15-8/h1-5H. The molecule has 0 aliphatic rings. The number of rotatable bonds is 0. The fourth-order valence-corrected chi connectivity index (χ4v) is 1.72. The first-order chi connectivity index (χ1) is 6.97. The molecule has 78 valence electrons. The third-order valence-corrected chi connectivity index (χ3v) is 2.58. The molecule has 0 spiro atoms. The smallest absolute Gasteiger partial charge is 0.242 e. The van der Waals surface area contributed by atoms with Gasteiger partial charge in [-0.05, 0) is 46.9 Å². The highest BCUT2D eigenvalue weighted by Gasteiger charge is 2.30. The molecule has 0 saturated heterocycles. The Kier molecular flexibility index (Phi) is 2.57. The van der Waals surface area contributed by atoms with Crippen molar-refractivity contribution in [2.24, 2.45) is 0 Å². The molecule has 1 aromatic heterocycles. The molecule has 0 N–H and O–H groups in total. The Labute approximate surface area is 97.5 Å². The van der Waals surface area contributed by atoms with Crippen LogP contribution in [0.15, 0.2) is 30.3 Å². The summed E-state index contributed by atoms with van der Waals surface area (Å²) in [5.41, 5.74) is -0.0621.